The Bertz CT molecular complexity index is 666. The molecule has 2 heterocycles. The zero-order valence-electron chi connectivity index (χ0n) is 9.70. The van der Waals surface area contributed by atoms with Crippen LogP contribution in [-0.2, 0) is 9.53 Å². The van der Waals surface area contributed by atoms with Crippen molar-refractivity contribution in [3.63, 3.8) is 0 Å². The van der Waals surface area contributed by atoms with Gasteiger partial charge in [-0.05, 0) is 12.1 Å². The standard InChI is InChI=1S/C11H9BrN2O5/c1-19-9(11(17)18)8-7(10(15)16)13-6-4-5(12)2-3-14(6)8/h2-4,9H,1H3,(H,15,16)(H,17,18). The first-order chi connectivity index (χ1) is 8.95. The zero-order chi connectivity index (χ0) is 14.2. The van der Waals surface area contributed by atoms with E-state index in [0.29, 0.717) is 10.1 Å². The summed E-state index contributed by atoms with van der Waals surface area (Å²) >= 11 is 3.24. The van der Waals surface area contributed by atoms with Crippen molar-refractivity contribution in [2.45, 2.75) is 6.10 Å². The van der Waals surface area contributed by atoms with E-state index < -0.39 is 18.0 Å². The van der Waals surface area contributed by atoms with Crippen molar-refractivity contribution in [2.24, 2.45) is 0 Å². The van der Waals surface area contributed by atoms with Crippen molar-refractivity contribution in [3.05, 3.63) is 34.2 Å². The topological polar surface area (TPSA) is 101 Å². The van der Waals surface area contributed by atoms with E-state index in [0.717, 1.165) is 0 Å². The highest BCUT2D eigenvalue weighted by molar-refractivity contribution is 9.10. The number of ether oxygens (including phenoxy) is 1. The van der Waals surface area contributed by atoms with Crippen LogP contribution in [0.5, 0.6) is 0 Å². The predicted octanol–water partition coefficient (Wildman–Crippen LogP) is 1.57. The fourth-order valence-corrected chi connectivity index (χ4v) is 2.10. The number of halogens is 1. The van der Waals surface area contributed by atoms with Gasteiger partial charge in [-0.2, -0.15) is 0 Å². The molecule has 8 heteroatoms. The molecule has 0 saturated heterocycles. The normalized spacial score (nSPS) is 12.5. The molecule has 0 aromatic carbocycles. The maximum atomic E-state index is 11.2. The lowest BCUT2D eigenvalue weighted by atomic mass is 10.2. The molecule has 0 fully saturated rings. The van der Waals surface area contributed by atoms with Crippen LogP contribution in [0.25, 0.3) is 5.65 Å². The number of fused-ring (bicyclic) bond motifs is 1. The largest absolute Gasteiger partial charge is 0.479 e. The first-order valence-corrected chi connectivity index (χ1v) is 5.91. The molecule has 19 heavy (non-hydrogen) atoms. The third-order valence-electron chi connectivity index (χ3n) is 2.54. The third kappa shape index (κ3) is 2.32. The van der Waals surface area contributed by atoms with Crippen LogP contribution in [0.15, 0.2) is 22.8 Å². The number of aliphatic carboxylic acids is 1. The number of methoxy groups -OCH3 is 1. The van der Waals surface area contributed by atoms with E-state index in [-0.39, 0.29) is 11.4 Å². The Labute approximate surface area is 115 Å². The minimum atomic E-state index is -1.40. The molecule has 1 atom stereocenters. The maximum Gasteiger partial charge on any atom is 0.356 e. The van der Waals surface area contributed by atoms with E-state index >= 15 is 0 Å². The van der Waals surface area contributed by atoms with Gasteiger partial charge in [0.15, 0.2) is 11.8 Å². The molecule has 1 unspecified atom stereocenters. The monoisotopic (exact) mass is 328 g/mol. The van der Waals surface area contributed by atoms with Crippen molar-refractivity contribution in [1.29, 1.82) is 0 Å². The Kier molecular flexibility index (Phi) is 3.54. The quantitative estimate of drug-likeness (QED) is 0.883. The number of pyridine rings is 1. The second-order valence-corrected chi connectivity index (χ2v) is 4.59. The van der Waals surface area contributed by atoms with E-state index in [4.69, 9.17) is 14.9 Å². The predicted molar refractivity (Wildman–Crippen MR) is 67.2 cm³/mol. The van der Waals surface area contributed by atoms with E-state index in [1.807, 2.05) is 0 Å². The van der Waals surface area contributed by atoms with E-state index in [1.165, 1.54) is 17.7 Å². The summed E-state index contributed by atoms with van der Waals surface area (Å²) in [7, 11) is 1.20. The van der Waals surface area contributed by atoms with Gasteiger partial charge >= 0.3 is 11.9 Å². The van der Waals surface area contributed by atoms with Crippen molar-refractivity contribution in [3.8, 4) is 0 Å². The molecule has 2 N–H and O–H groups in total. The van der Waals surface area contributed by atoms with Crippen molar-refractivity contribution in [2.75, 3.05) is 7.11 Å². The number of carboxylic acid groups (broad SMARTS) is 2. The highest BCUT2D eigenvalue weighted by Crippen LogP contribution is 2.25. The van der Waals surface area contributed by atoms with E-state index in [1.54, 1.807) is 12.1 Å². The molecule has 0 spiro atoms. The maximum absolute atomic E-state index is 11.2. The number of aromatic nitrogens is 2. The van der Waals surface area contributed by atoms with Gasteiger partial charge in [0.25, 0.3) is 0 Å². The second-order valence-electron chi connectivity index (χ2n) is 3.68. The van der Waals surface area contributed by atoms with Crippen LogP contribution in [0, 0.1) is 0 Å². The first-order valence-electron chi connectivity index (χ1n) is 5.12. The van der Waals surface area contributed by atoms with Gasteiger partial charge in [-0.25, -0.2) is 14.6 Å². The summed E-state index contributed by atoms with van der Waals surface area (Å²) < 4.78 is 6.94. The van der Waals surface area contributed by atoms with Gasteiger partial charge in [-0.3, -0.25) is 4.40 Å². The molecule has 2 rings (SSSR count). The van der Waals surface area contributed by atoms with Crippen LogP contribution < -0.4 is 0 Å². The lowest BCUT2D eigenvalue weighted by molar-refractivity contribution is -0.149. The van der Waals surface area contributed by atoms with Crippen molar-refractivity contribution < 1.29 is 24.5 Å². The lowest BCUT2D eigenvalue weighted by Crippen LogP contribution is -2.18. The number of hydrogen-bond acceptors (Lipinski definition) is 4. The van der Waals surface area contributed by atoms with Crippen LogP contribution >= 0.6 is 15.9 Å². The van der Waals surface area contributed by atoms with Gasteiger partial charge in [0.05, 0.1) is 5.69 Å². The highest BCUT2D eigenvalue weighted by Gasteiger charge is 2.30. The van der Waals surface area contributed by atoms with Gasteiger partial charge in [0.1, 0.15) is 5.65 Å². The Hall–Kier alpha value is -1.93. The third-order valence-corrected chi connectivity index (χ3v) is 3.03. The molecule has 7 nitrogen and oxygen atoms in total. The summed E-state index contributed by atoms with van der Waals surface area (Å²) in [6, 6.07) is 3.24. The molecule has 0 bridgehead atoms. The minimum Gasteiger partial charge on any atom is -0.479 e. The summed E-state index contributed by atoms with van der Waals surface area (Å²) in [5.74, 6) is -2.59. The van der Waals surface area contributed by atoms with Crippen molar-refractivity contribution >= 4 is 33.5 Å². The summed E-state index contributed by atoms with van der Waals surface area (Å²) in [5, 5.41) is 18.2. The molecule has 0 aliphatic rings. The molecule has 0 saturated carbocycles. The molecule has 0 amide bonds. The average Bonchev–Trinajstić information content (AvgIpc) is 2.68. The minimum absolute atomic E-state index is 0.0231. The van der Waals surface area contributed by atoms with Gasteiger partial charge in [0, 0.05) is 17.8 Å². The zero-order valence-corrected chi connectivity index (χ0v) is 11.3. The number of carboxylic acids is 2. The van der Waals surface area contributed by atoms with Gasteiger partial charge in [0.2, 0.25) is 0 Å². The van der Waals surface area contributed by atoms with Crippen LogP contribution in [0.2, 0.25) is 0 Å². The average molecular weight is 329 g/mol. The molecule has 2 aromatic heterocycles. The number of rotatable bonds is 4. The molecular formula is C11H9BrN2O5. The highest BCUT2D eigenvalue weighted by atomic mass is 79.9. The van der Waals surface area contributed by atoms with Crippen LogP contribution in [0.4, 0.5) is 0 Å². The SMILES string of the molecule is COC(C(=O)O)c1c(C(=O)O)nc2cc(Br)ccn12. The van der Waals surface area contributed by atoms with Crippen molar-refractivity contribution in [1.82, 2.24) is 9.38 Å². The number of aromatic carboxylic acids is 1. The molecule has 100 valence electrons. The summed E-state index contributed by atoms with van der Waals surface area (Å²) in [4.78, 5) is 26.2. The molecule has 0 radical (unpaired) electrons. The molecular weight excluding hydrogens is 320 g/mol. The van der Waals surface area contributed by atoms with Gasteiger partial charge < -0.3 is 14.9 Å². The lowest BCUT2D eigenvalue weighted by Gasteiger charge is -2.11. The Morgan fingerprint density at radius 2 is 2.16 bits per heavy atom. The number of hydrogen-bond donors (Lipinski definition) is 2. The summed E-state index contributed by atoms with van der Waals surface area (Å²) in [6.45, 7) is 0. The number of imidazole rings is 1. The van der Waals surface area contributed by atoms with E-state index in [2.05, 4.69) is 20.9 Å². The first kappa shape index (κ1) is 13.5. The molecule has 0 aliphatic heterocycles. The molecule has 0 aliphatic carbocycles. The number of carbonyl (C=O) groups is 2. The second kappa shape index (κ2) is 4.98. The van der Waals surface area contributed by atoms with Gasteiger partial charge in [-0.1, -0.05) is 15.9 Å². The van der Waals surface area contributed by atoms with Crippen LogP contribution in [-0.4, -0.2) is 38.6 Å². The molecule has 2 aromatic rings. The Morgan fingerprint density at radius 1 is 1.47 bits per heavy atom. The van der Waals surface area contributed by atoms with Crippen LogP contribution in [0.1, 0.15) is 22.3 Å². The summed E-state index contributed by atoms with van der Waals surface area (Å²) in [6.07, 6.45) is 0.130. The Balaban J connectivity index is 2.78. The fraction of sp³-hybridized carbons (Fsp3) is 0.182. The Morgan fingerprint density at radius 3 is 2.68 bits per heavy atom. The summed E-state index contributed by atoms with van der Waals surface area (Å²) in [5.41, 5.74) is -0.0394. The fourth-order valence-electron chi connectivity index (χ4n) is 1.78. The smallest absolute Gasteiger partial charge is 0.356 e. The number of nitrogens with zero attached hydrogens (tertiary/aromatic N) is 2. The van der Waals surface area contributed by atoms with Gasteiger partial charge in [-0.15, -0.1) is 0 Å². The van der Waals surface area contributed by atoms with Crippen LogP contribution in [0.3, 0.4) is 0 Å². The van der Waals surface area contributed by atoms with E-state index in [9.17, 15) is 9.59 Å².